The summed E-state index contributed by atoms with van der Waals surface area (Å²) in [6, 6.07) is 6.43. The number of carbonyl (C=O) groups excluding carboxylic acids is 4. The van der Waals surface area contributed by atoms with Crippen LogP contribution < -0.4 is 10.6 Å². The third-order valence-corrected chi connectivity index (χ3v) is 4.01. The third-order valence-electron chi connectivity index (χ3n) is 4.01. The van der Waals surface area contributed by atoms with Gasteiger partial charge in [-0.05, 0) is 33.3 Å². The van der Waals surface area contributed by atoms with Gasteiger partial charge in [-0.25, -0.2) is 4.79 Å². The summed E-state index contributed by atoms with van der Waals surface area (Å²) in [5, 5.41) is 5.19. The molecule has 0 aromatic heterocycles. The van der Waals surface area contributed by atoms with Gasteiger partial charge in [-0.1, -0.05) is 29.8 Å². The van der Waals surface area contributed by atoms with E-state index < -0.39 is 42.5 Å². The zero-order valence-electron chi connectivity index (χ0n) is 15.3. The SMILES string of the molecule is Cc1ccc([C@@]2(C)NC(=O)N(CC(=O)OCC(=O)NC(C)C)C2=O)cc1. The number of esters is 1. The van der Waals surface area contributed by atoms with Crippen molar-refractivity contribution < 1.29 is 23.9 Å². The van der Waals surface area contributed by atoms with E-state index in [1.165, 1.54) is 0 Å². The summed E-state index contributed by atoms with van der Waals surface area (Å²) in [6.45, 7) is 6.03. The molecule has 1 aromatic carbocycles. The van der Waals surface area contributed by atoms with Gasteiger partial charge in [-0.15, -0.1) is 0 Å². The lowest BCUT2D eigenvalue weighted by atomic mass is 9.91. The van der Waals surface area contributed by atoms with Gasteiger partial charge in [0, 0.05) is 6.04 Å². The average molecular weight is 361 g/mol. The fourth-order valence-electron chi connectivity index (χ4n) is 2.61. The van der Waals surface area contributed by atoms with Crippen LogP contribution in [0, 0.1) is 6.92 Å². The summed E-state index contributed by atoms with van der Waals surface area (Å²) in [6.07, 6.45) is 0. The summed E-state index contributed by atoms with van der Waals surface area (Å²) in [7, 11) is 0. The molecule has 1 atom stereocenters. The van der Waals surface area contributed by atoms with E-state index in [4.69, 9.17) is 4.74 Å². The number of imide groups is 1. The van der Waals surface area contributed by atoms with E-state index in [2.05, 4.69) is 10.6 Å². The molecule has 2 rings (SSSR count). The Kier molecular flexibility index (Phi) is 5.64. The van der Waals surface area contributed by atoms with Crippen molar-refractivity contribution in [2.24, 2.45) is 0 Å². The lowest BCUT2D eigenvalue weighted by molar-refractivity contribution is -0.151. The summed E-state index contributed by atoms with van der Waals surface area (Å²) in [5.41, 5.74) is 0.392. The predicted molar refractivity (Wildman–Crippen MR) is 93.0 cm³/mol. The number of amides is 4. The predicted octanol–water partition coefficient (Wildman–Crippen LogP) is 0.830. The van der Waals surface area contributed by atoms with Crippen molar-refractivity contribution in [2.75, 3.05) is 13.2 Å². The van der Waals surface area contributed by atoms with Gasteiger partial charge in [0.15, 0.2) is 6.61 Å². The quantitative estimate of drug-likeness (QED) is 0.577. The van der Waals surface area contributed by atoms with E-state index in [0.29, 0.717) is 5.56 Å². The second-order valence-electron chi connectivity index (χ2n) is 6.70. The Labute approximate surface area is 151 Å². The summed E-state index contributed by atoms with van der Waals surface area (Å²) >= 11 is 0. The number of ether oxygens (including phenoxy) is 1. The van der Waals surface area contributed by atoms with E-state index in [-0.39, 0.29) is 6.04 Å². The Morgan fingerprint density at radius 1 is 1.23 bits per heavy atom. The van der Waals surface area contributed by atoms with Crippen LogP contribution in [-0.4, -0.2) is 47.9 Å². The van der Waals surface area contributed by atoms with Crippen LogP contribution in [0.25, 0.3) is 0 Å². The van der Waals surface area contributed by atoms with Gasteiger partial charge in [0.2, 0.25) is 0 Å². The van der Waals surface area contributed by atoms with Crippen molar-refractivity contribution in [3.8, 4) is 0 Å². The smallest absolute Gasteiger partial charge is 0.326 e. The zero-order chi connectivity index (χ0) is 19.5. The minimum absolute atomic E-state index is 0.0812. The van der Waals surface area contributed by atoms with Crippen LogP contribution in [0.1, 0.15) is 31.9 Å². The first-order valence-electron chi connectivity index (χ1n) is 8.29. The molecule has 1 aliphatic heterocycles. The Morgan fingerprint density at radius 2 is 1.85 bits per heavy atom. The molecule has 1 saturated heterocycles. The van der Waals surface area contributed by atoms with Crippen LogP contribution in [-0.2, 0) is 24.7 Å². The summed E-state index contributed by atoms with van der Waals surface area (Å²) < 4.78 is 4.83. The van der Waals surface area contributed by atoms with Gasteiger partial charge < -0.3 is 15.4 Å². The summed E-state index contributed by atoms with van der Waals surface area (Å²) in [5.74, 6) is -1.83. The Hall–Kier alpha value is -2.90. The second kappa shape index (κ2) is 7.55. The van der Waals surface area contributed by atoms with Crippen LogP contribution in [0.2, 0.25) is 0 Å². The molecule has 1 fully saturated rings. The number of hydrogen-bond acceptors (Lipinski definition) is 5. The van der Waals surface area contributed by atoms with Crippen molar-refractivity contribution >= 4 is 23.8 Å². The Balaban J connectivity index is 2.01. The third kappa shape index (κ3) is 4.19. The summed E-state index contributed by atoms with van der Waals surface area (Å²) in [4.78, 5) is 49.0. The van der Waals surface area contributed by atoms with Gasteiger partial charge >= 0.3 is 12.0 Å². The van der Waals surface area contributed by atoms with Crippen molar-refractivity contribution in [3.05, 3.63) is 35.4 Å². The number of carbonyl (C=O) groups is 4. The number of urea groups is 1. The highest BCUT2D eigenvalue weighted by atomic mass is 16.5. The molecule has 1 aromatic rings. The van der Waals surface area contributed by atoms with E-state index in [1.807, 2.05) is 19.1 Å². The monoisotopic (exact) mass is 361 g/mol. The highest BCUT2D eigenvalue weighted by Crippen LogP contribution is 2.28. The van der Waals surface area contributed by atoms with Gasteiger partial charge in [-0.3, -0.25) is 19.3 Å². The van der Waals surface area contributed by atoms with Gasteiger partial charge in [0.1, 0.15) is 12.1 Å². The number of benzene rings is 1. The molecular formula is C18H23N3O5. The zero-order valence-corrected chi connectivity index (χ0v) is 15.3. The molecule has 4 amide bonds. The molecule has 0 unspecified atom stereocenters. The maximum absolute atomic E-state index is 12.7. The fourth-order valence-corrected chi connectivity index (χ4v) is 2.61. The van der Waals surface area contributed by atoms with Crippen molar-refractivity contribution in [3.63, 3.8) is 0 Å². The normalized spacial score (nSPS) is 19.5. The first-order valence-corrected chi connectivity index (χ1v) is 8.29. The van der Waals surface area contributed by atoms with E-state index in [9.17, 15) is 19.2 Å². The van der Waals surface area contributed by atoms with Crippen LogP contribution in [0.3, 0.4) is 0 Å². The topological polar surface area (TPSA) is 105 Å². The Bertz CT molecular complexity index is 729. The average Bonchev–Trinajstić information content (AvgIpc) is 2.77. The van der Waals surface area contributed by atoms with E-state index >= 15 is 0 Å². The number of aryl methyl sites for hydroxylation is 1. The fraction of sp³-hybridized carbons (Fsp3) is 0.444. The molecule has 0 saturated carbocycles. The first-order chi connectivity index (χ1) is 12.1. The van der Waals surface area contributed by atoms with Crippen LogP contribution >= 0.6 is 0 Å². The number of rotatable bonds is 6. The van der Waals surface area contributed by atoms with Crippen molar-refractivity contribution in [1.82, 2.24) is 15.5 Å². The molecule has 1 aliphatic rings. The molecule has 8 nitrogen and oxygen atoms in total. The molecule has 1 heterocycles. The first kappa shape index (κ1) is 19.4. The van der Waals surface area contributed by atoms with Crippen molar-refractivity contribution in [1.29, 1.82) is 0 Å². The highest BCUT2D eigenvalue weighted by Gasteiger charge is 2.49. The molecule has 8 heteroatoms. The van der Waals surface area contributed by atoms with Crippen molar-refractivity contribution in [2.45, 2.75) is 39.3 Å². The molecule has 26 heavy (non-hydrogen) atoms. The van der Waals surface area contributed by atoms with Crippen LogP contribution in [0.5, 0.6) is 0 Å². The molecular weight excluding hydrogens is 338 g/mol. The lowest BCUT2D eigenvalue weighted by Crippen LogP contribution is -2.42. The highest BCUT2D eigenvalue weighted by molar-refractivity contribution is 6.08. The number of nitrogens with zero attached hydrogens (tertiary/aromatic N) is 1. The molecule has 0 radical (unpaired) electrons. The maximum Gasteiger partial charge on any atom is 0.326 e. The maximum atomic E-state index is 12.7. The number of nitrogens with one attached hydrogen (secondary N) is 2. The molecule has 2 N–H and O–H groups in total. The van der Waals surface area contributed by atoms with Gasteiger partial charge in [0.05, 0.1) is 0 Å². The van der Waals surface area contributed by atoms with Crippen LogP contribution in [0.15, 0.2) is 24.3 Å². The van der Waals surface area contributed by atoms with Gasteiger partial charge in [0.25, 0.3) is 11.8 Å². The number of hydrogen-bond donors (Lipinski definition) is 2. The van der Waals surface area contributed by atoms with E-state index in [1.54, 1.807) is 32.9 Å². The molecule has 140 valence electrons. The standard InChI is InChI=1S/C18H23N3O5/c1-11(2)19-14(22)10-26-15(23)9-21-16(24)18(4,20-17(21)25)13-7-5-12(3)6-8-13/h5-8,11H,9-10H2,1-4H3,(H,19,22)(H,20,25)/t18-/m1/s1. The minimum atomic E-state index is -1.25. The van der Waals surface area contributed by atoms with E-state index in [0.717, 1.165) is 10.5 Å². The molecule has 0 spiro atoms. The largest absolute Gasteiger partial charge is 0.454 e. The molecule has 0 bridgehead atoms. The minimum Gasteiger partial charge on any atom is -0.454 e. The van der Waals surface area contributed by atoms with Gasteiger partial charge in [-0.2, -0.15) is 0 Å². The van der Waals surface area contributed by atoms with Crippen LogP contribution in [0.4, 0.5) is 4.79 Å². The lowest BCUT2D eigenvalue weighted by Gasteiger charge is -2.22. The second-order valence-corrected chi connectivity index (χ2v) is 6.70. The Morgan fingerprint density at radius 3 is 2.42 bits per heavy atom. The molecule has 0 aliphatic carbocycles.